The van der Waals surface area contributed by atoms with Crippen molar-refractivity contribution in [3.8, 4) is 0 Å². The first-order chi connectivity index (χ1) is 14.7. The average molecular weight is 502 g/mol. The van der Waals surface area contributed by atoms with Gasteiger partial charge < -0.3 is 0 Å². The van der Waals surface area contributed by atoms with Crippen molar-refractivity contribution in [1.29, 1.82) is 0 Å². The van der Waals surface area contributed by atoms with Gasteiger partial charge in [0, 0.05) is 25.6 Å². The monoisotopic (exact) mass is 501 g/mol. The van der Waals surface area contributed by atoms with E-state index >= 15 is 0 Å². The lowest BCUT2D eigenvalue weighted by Crippen LogP contribution is -2.28. The highest BCUT2D eigenvalue weighted by molar-refractivity contribution is 7.90. The zero-order chi connectivity index (χ0) is 23.9. The van der Waals surface area contributed by atoms with Crippen molar-refractivity contribution in [2.45, 2.75) is 49.2 Å². The number of hydrogen-bond donors (Lipinski definition) is 0. The second-order valence-corrected chi connectivity index (χ2v) is 10.0. The van der Waals surface area contributed by atoms with Crippen molar-refractivity contribution in [1.82, 2.24) is 9.78 Å². The average Bonchev–Trinajstić information content (AvgIpc) is 3.08. The summed E-state index contributed by atoms with van der Waals surface area (Å²) in [4.78, 5) is 3.39. The molecule has 2 aromatic rings. The molecule has 0 atom stereocenters. The maximum atomic E-state index is 14.2. The van der Waals surface area contributed by atoms with Gasteiger partial charge in [-0.1, -0.05) is 11.6 Å². The molecule has 32 heavy (non-hydrogen) atoms. The van der Waals surface area contributed by atoms with Crippen LogP contribution in [0.25, 0.3) is 0 Å². The zero-order valence-electron chi connectivity index (χ0n) is 16.6. The number of nitrogens with zero attached hydrogens (tertiary/aromatic N) is 3. The maximum Gasteiger partial charge on any atom is 0.420 e. The molecule has 176 valence electrons. The molecule has 1 saturated carbocycles. The topological polar surface area (TPSA) is 64.3 Å². The van der Waals surface area contributed by atoms with Crippen LogP contribution in [0.1, 0.15) is 36.9 Å². The van der Waals surface area contributed by atoms with E-state index in [0.717, 1.165) is 29.1 Å². The van der Waals surface area contributed by atoms with E-state index in [2.05, 4.69) is 10.1 Å². The lowest BCUT2D eigenvalue weighted by Gasteiger charge is -2.28. The smallest absolute Gasteiger partial charge is 0.261 e. The molecule has 1 aliphatic carbocycles. The summed E-state index contributed by atoms with van der Waals surface area (Å²) in [5.41, 5.74) is -2.45. The molecule has 1 aromatic carbocycles. The molecule has 1 aliphatic rings. The van der Waals surface area contributed by atoms with E-state index < -0.39 is 49.9 Å². The van der Waals surface area contributed by atoms with Gasteiger partial charge in [0.25, 0.3) is 0 Å². The van der Waals surface area contributed by atoms with Crippen LogP contribution in [-0.4, -0.2) is 35.5 Å². The third kappa shape index (κ3) is 5.64. The van der Waals surface area contributed by atoms with Crippen LogP contribution < -0.4 is 0 Å². The number of halogens is 7. The molecule has 13 heteroatoms. The molecule has 0 radical (unpaired) electrons. The van der Waals surface area contributed by atoms with Gasteiger partial charge in [0.2, 0.25) is 5.92 Å². The van der Waals surface area contributed by atoms with Gasteiger partial charge in [-0.05, 0) is 37.0 Å². The van der Waals surface area contributed by atoms with Crippen LogP contribution in [0.4, 0.5) is 32.0 Å². The Morgan fingerprint density at radius 2 is 1.91 bits per heavy atom. The normalized spacial score (nSPS) is 18.2. The number of alkyl halides is 5. The van der Waals surface area contributed by atoms with E-state index in [4.69, 9.17) is 11.6 Å². The van der Waals surface area contributed by atoms with E-state index in [1.807, 2.05) is 0 Å². The minimum absolute atomic E-state index is 0.0907. The standard InChI is InChI=1S/C19H18ClF6N3O2S/c1-32(30,31)12-2-3-14(21)15(8-12)28-17(20)16-13(19(24,25)26)9-27-29(16)10-11-4-6-18(22,23)7-5-11/h2-3,8-9,11H,4-7,10H2,1H3. The zero-order valence-corrected chi connectivity index (χ0v) is 18.2. The Balaban J connectivity index is 2.01. The van der Waals surface area contributed by atoms with Crippen molar-refractivity contribution >= 4 is 32.3 Å². The Morgan fingerprint density at radius 1 is 1.28 bits per heavy atom. The third-order valence-corrected chi connectivity index (χ3v) is 6.55. The Bertz CT molecular complexity index is 1130. The van der Waals surface area contributed by atoms with Gasteiger partial charge in [-0.25, -0.2) is 26.6 Å². The minimum Gasteiger partial charge on any atom is -0.261 e. The highest BCUT2D eigenvalue weighted by Crippen LogP contribution is 2.38. The van der Waals surface area contributed by atoms with Gasteiger partial charge >= 0.3 is 6.18 Å². The van der Waals surface area contributed by atoms with E-state index in [1.54, 1.807) is 0 Å². The van der Waals surface area contributed by atoms with Crippen LogP contribution in [0.15, 0.2) is 34.3 Å². The first-order valence-electron chi connectivity index (χ1n) is 9.42. The van der Waals surface area contributed by atoms with E-state index in [9.17, 15) is 34.8 Å². The third-order valence-electron chi connectivity index (χ3n) is 5.17. The predicted octanol–water partition coefficient (Wildman–Crippen LogP) is 5.59. The summed E-state index contributed by atoms with van der Waals surface area (Å²) >= 11 is 6.05. The summed E-state index contributed by atoms with van der Waals surface area (Å²) < 4.78 is 106. The van der Waals surface area contributed by atoms with Crippen LogP contribution in [-0.2, 0) is 22.6 Å². The Hall–Kier alpha value is -2.08. The second-order valence-electron chi connectivity index (χ2n) is 7.67. The molecular weight excluding hydrogens is 484 g/mol. The van der Waals surface area contributed by atoms with Crippen molar-refractivity contribution in [3.63, 3.8) is 0 Å². The fourth-order valence-electron chi connectivity index (χ4n) is 3.44. The summed E-state index contributed by atoms with van der Waals surface area (Å²) in [5, 5.41) is 2.95. The van der Waals surface area contributed by atoms with Gasteiger partial charge in [0.1, 0.15) is 22.8 Å². The Kier molecular flexibility index (Phi) is 6.67. The quantitative estimate of drug-likeness (QED) is 0.305. The van der Waals surface area contributed by atoms with E-state index in [-0.39, 0.29) is 43.0 Å². The van der Waals surface area contributed by atoms with Crippen molar-refractivity contribution < 1.29 is 34.8 Å². The number of hydrogen-bond acceptors (Lipinski definition) is 4. The molecule has 0 unspecified atom stereocenters. The first kappa shape index (κ1) is 24.6. The fraction of sp³-hybridized carbons (Fsp3) is 0.474. The summed E-state index contributed by atoms with van der Waals surface area (Å²) in [6, 6.07) is 2.65. The van der Waals surface area contributed by atoms with Crippen molar-refractivity contribution in [2.75, 3.05) is 6.26 Å². The van der Waals surface area contributed by atoms with Crippen molar-refractivity contribution in [3.05, 3.63) is 41.5 Å². The summed E-state index contributed by atoms with van der Waals surface area (Å²) in [6.07, 6.45) is -4.04. The van der Waals surface area contributed by atoms with Gasteiger partial charge in [0.05, 0.1) is 11.1 Å². The van der Waals surface area contributed by atoms with Gasteiger partial charge in [-0.3, -0.25) is 4.68 Å². The molecule has 1 heterocycles. The maximum absolute atomic E-state index is 14.2. The summed E-state index contributed by atoms with van der Waals surface area (Å²) in [7, 11) is -3.74. The van der Waals surface area contributed by atoms with Gasteiger partial charge in [-0.15, -0.1) is 0 Å². The molecule has 0 aliphatic heterocycles. The number of sulfone groups is 1. The van der Waals surface area contributed by atoms with Crippen molar-refractivity contribution in [2.24, 2.45) is 10.9 Å². The van der Waals surface area contributed by atoms with Crippen LogP contribution in [0.3, 0.4) is 0 Å². The second kappa shape index (κ2) is 8.69. The van der Waals surface area contributed by atoms with Crippen LogP contribution >= 0.6 is 11.6 Å². The van der Waals surface area contributed by atoms with E-state index in [1.165, 1.54) is 0 Å². The van der Waals surface area contributed by atoms with E-state index in [0.29, 0.717) is 6.20 Å². The number of aliphatic imine (C=N–C) groups is 1. The molecule has 1 fully saturated rings. The lowest BCUT2D eigenvalue weighted by molar-refractivity contribution is -0.137. The van der Waals surface area contributed by atoms with Crippen LogP contribution in [0, 0.1) is 11.7 Å². The molecule has 5 nitrogen and oxygen atoms in total. The molecular formula is C19H18ClF6N3O2S. The first-order valence-corrected chi connectivity index (χ1v) is 11.7. The predicted molar refractivity (Wildman–Crippen MR) is 106 cm³/mol. The van der Waals surface area contributed by atoms with Gasteiger partial charge in [-0.2, -0.15) is 18.3 Å². The number of rotatable bonds is 5. The van der Waals surface area contributed by atoms with Crippen LogP contribution in [0.5, 0.6) is 0 Å². The number of benzene rings is 1. The fourth-order valence-corrected chi connectivity index (χ4v) is 4.37. The summed E-state index contributed by atoms with van der Waals surface area (Å²) in [5.74, 6) is -4.16. The minimum atomic E-state index is -4.87. The highest BCUT2D eigenvalue weighted by atomic mass is 35.5. The molecule has 3 rings (SSSR count). The van der Waals surface area contributed by atoms with Gasteiger partial charge in [0.15, 0.2) is 15.0 Å². The molecule has 0 bridgehead atoms. The largest absolute Gasteiger partial charge is 0.420 e. The molecule has 0 saturated heterocycles. The Morgan fingerprint density at radius 3 is 2.47 bits per heavy atom. The number of aromatic nitrogens is 2. The lowest BCUT2D eigenvalue weighted by atomic mass is 9.87. The van der Waals surface area contributed by atoms with Crippen LogP contribution in [0.2, 0.25) is 0 Å². The highest BCUT2D eigenvalue weighted by Gasteiger charge is 2.39. The molecule has 0 N–H and O–H groups in total. The SMILES string of the molecule is CS(=O)(=O)c1ccc(F)c(N=C(Cl)c2c(C(F)(F)F)cnn2CC2CCC(F)(F)CC2)c1. The Labute approximate surface area is 185 Å². The molecule has 0 amide bonds. The molecule has 1 aromatic heterocycles. The molecule has 0 spiro atoms. The summed E-state index contributed by atoms with van der Waals surface area (Å²) in [6.45, 7) is -0.112.